The van der Waals surface area contributed by atoms with E-state index in [-0.39, 0.29) is 5.78 Å². The number of thiophene rings is 1. The number of carbonyl (C=O) groups excluding carboxylic acids is 1. The lowest BCUT2D eigenvalue weighted by molar-refractivity contribution is 0.104. The SMILES string of the molecule is Nc1scc(-c2ccc3ccccc3c2)c1C(=O)c1ccccc1. The molecule has 3 heteroatoms. The molecule has 0 aliphatic carbocycles. The van der Waals surface area contributed by atoms with Crippen LogP contribution in [-0.4, -0.2) is 5.78 Å². The molecule has 0 atom stereocenters. The summed E-state index contributed by atoms with van der Waals surface area (Å²) >= 11 is 1.41. The smallest absolute Gasteiger partial charge is 0.196 e. The van der Waals surface area contributed by atoms with Gasteiger partial charge in [0.25, 0.3) is 0 Å². The number of rotatable bonds is 3. The van der Waals surface area contributed by atoms with Crippen LogP contribution < -0.4 is 5.73 Å². The molecule has 1 aromatic heterocycles. The standard InChI is InChI=1S/C21H15NOS/c22-21-19(20(23)15-7-2-1-3-8-15)18(13-24-21)17-11-10-14-6-4-5-9-16(14)12-17/h1-13H,22H2. The van der Waals surface area contributed by atoms with Crippen LogP contribution in [0.5, 0.6) is 0 Å². The highest BCUT2D eigenvalue weighted by Crippen LogP contribution is 2.36. The third kappa shape index (κ3) is 2.49. The van der Waals surface area contributed by atoms with Crippen molar-refractivity contribution in [3.8, 4) is 11.1 Å². The van der Waals surface area contributed by atoms with Crippen LogP contribution in [0.1, 0.15) is 15.9 Å². The first-order valence-corrected chi connectivity index (χ1v) is 8.58. The van der Waals surface area contributed by atoms with E-state index in [9.17, 15) is 4.79 Å². The molecule has 0 saturated heterocycles. The van der Waals surface area contributed by atoms with Crippen molar-refractivity contribution in [2.45, 2.75) is 0 Å². The van der Waals surface area contributed by atoms with Crippen LogP contribution in [0.25, 0.3) is 21.9 Å². The van der Waals surface area contributed by atoms with E-state index in [0.29, 0.717) is 16.1 Å². The number of carbonyl (C=O) groups is 1. The van der Waals surface area contributed by atoms with Crippen molar-refractivity contribution in [2.24, 2.45) is 0 Å². The lowest BCUT2D eigenvalue weighted by Crippen LogP contribution is -2.04. The second kappa shape index (κ2) is 5.95. The summed E-state index contributed by atoms with van der Waals surface area (Å²) in [7, 11) is 0. The zero-order valence-corrected chi connectivity index (χ0v) is 13.7. The van der Waals surface area contributed by atoms with Gasteiger partial charge in [-0.1, -0.05) is 66.7 Å². The van der Waals surface area contributed by atoms with Gasteiger partial charge in [0.1, 0.15) is 0 Å². The van der Waals surface area contributed by atoms with E-state index in [1.54, 1.807) is 0 Å². The van der Waals surface area contributed by atoms with E-state index in [1.165, 1.54) is 16.7 Å². The number of hydrogen-bond donors (Lipinski definition) is 1. The molecule has 3 aromatic carbocycles. The minimum Gasteiger partial charge on any atom is -0.390 e. The van der Waals surface area contributed by atoms with E-state index in [4.69, 9.17) is 5.73 Å². The van der Waals surface area contributed by atoms with Gasteiger partial charge >= 0.3 is 0 Å². The van der Waals surface area contributed by atoms with Crippen molar-refractivity contribution in [3.05, 3.63) is 89.3 Å². The van der Waals surface area contributed by atoms with E-state index in [1.807, 2.05) is 53.9 Å². The predicted molar refractivity (Wildman–Crippen MR) is 102 cm³/mol. The summed E-state index contributed by atoms with van der Waals surface area (Å²) < 4.78 is 0. The van der Waals surface area contributed by atoms with E-state index >= 15 is 0 Å². The minimum absolute atomic E-state index is 0.0301. The Labute approximate surface area is 144 Å². The molecule has 0 amide bonds. The van der Waals surface area contributed by atoms with Crippen LogP contribution in [0, 0.1) is 0 Å². The molecule has 0 spiro atoms. The summed E-state index contributed by atoms with van der Waals surface area (Å²) in [5, 5.41) is 4.86. The van der Waals surface area contributed by atoms with E-state index in [0.717, 1.165) is 16.5 Å². The molecule has 0 bridgehead atoms. The summed E-state index contributed by atoms with van der Waals surface area (Å²) in [4.78, 5) is 12.9. The first kappa shape index (κ1) is 14.7. The maximum Gasteiger partial charge on any atom is 0.196 e. The highest BCUT2D eigenvalue weighted by molar-refractivity contribution is 7.15. The van der Waals surface area contributed by atoms with Crippen molar-refractivity contribution >= 4 is 32.9 Å². The number of benzene rings is 3. The minimum atomic E-state index is -0.0301. The molecule has 2 N–H and O–H groups in total. The summed E-state index contributed by atoms with van der Waals surface area (Å²) in [6.45, 7) is 0. The van der Waals surface area contributed by atoms with Gasteiger partial charge in [-0.3, -0.25) is 4.79 Å². The fourth-order valence-corrected chi connectivity index (χ4v) is 3.73. The summed E-state index contributed by atoms with van der Waals surface area (Å²) in [5.74, 6) is -0.0301. The molecule has 4 rings (SSSR count). The Morgan fingerprint density at radius 3 is 2.33 bits per heavy atom. The molecule has 4 aromatic rings. The van der Waals surface area contributed by atoms with Crippen LogP contribution in [0.15, 0.2) is 78.2 Å². The lowest BCUT2D eigenvalue weighted by atomic mass is 9.96. The second-order valence-corrected chi connectivity index (χ2v) is 6.56. The number of ketones is 1. The molecular formula is C21H15NOS. The number of hydrogen-bond acceptors (Lipinski definition) is 3. The van der Waals surface area contributed by atoms with Crippen LogP contribution >= 0.6 is 11.3 Å². The molecule has 0 aliphatic heterocycles. The van der Waals surface area contributed by atoms with Gasteiger partial charge in [0.05, 0.1) is 10.6 Å². The first-order valence-electron chi connectivity index (χ1n) is 7.70. The summed E-state index contributed by atoms with van der Waals surface area (Å²) in [5.41, 5.74) is 9.30. The van der Waals surface area contributed by atoms with Crippen LogP contribution in [0.4, 0.5) is 5.00 Å². The van der Waals surface area contributed by atoms with Gasteiger partial charge in [0, 0.05) is 16.5 Å². The Hall–Kier alpha value is -2.91. The highest BCUT2D eigenvalue weighted by Gasteiger charge is 2.20. The van der Waals surface area contributed by atoms with Crippen LogP contribution in [0.2, 0.25) is 0 Å². The second-order valence-electron chi connectivity index (χ2n) is 5.65. The maximum atomic E-state index is 12.9. The van der Waals surface area contributed by atoms with Gasteiger partial charge in [-0.05, 0) is 22.4 Å². The van der Waals surface area contributed by atoms with Gasteiger partial charge < -0.3 is 5.73 Å². The first-order chi connectivity index (χ1) is 11.7. The average molecular weight is 329 g/mol. The average Bonchev–Trinajstić information content (AvgIpc) is 3.03. The molecule has 116 valence electrons. The van der Waals surface area contributed by atoms with Crippen molar-refractivity contribution in [1.29, 1.82) is 0 Å². The topological polar surface area (TPSA) is 43.1 Å². The number of nitrogen functional groups attached to an aromatic ring is 1. The van der Waals surface area contributed by atoms with Crippen LogP contribution in [-0.2, 0) is 0 Å². The Morgan fingerprint density at radius 1 is 0.833 bits per heavy atom. The Balaban J connectivity index is 1.86. The van der Waals surface area contributed by atoms with Crippen molar-refractivity contribution in [1.82, 2.24) is 0 Å². The third-order valence-electron chi connectivity index (χ3n) is 4.14. The molecular weight excluding hydrogens is 314 g/mol. The molecule has 0 unspecified atom stereocenters. The van der Waals surface area contributed by atoms with Crippen molar-refractivity contribution in [2.75, 3.05) is 5.73 Å². The van der Waals surface area contributed by atoms with Gasteiger partial charge in [0.15, 0.2) is 5.78 Å². The Morgan fingerprint density at radius 2 is 1.54 bits per heavy atom. The van der Waals surface area contributed by atoms with Gasteiger partial charge in [-0.25, -0.2) is 0 Å². The molecule has 0 radical (unpaired) electrons. The van der Waals surface area contributed by atoms with Gasteiger partial charge in [-0.2, -0.15) is 0 Å². The summed E-state index contributed by atoms with van der Waals surface area (Å²) in [6.07, 6.45) is 0. The normalized spacial score (nSPS) is 10.8. The van der Waals surface area contributed by atoms with E-state index < -0.39 is 0 Å². The third-order valence-corrected chi connectivity index (χ3v) is 4.95. The molecule has 24 heavy (non-hydrogen) atoms. The molecule has 0 aliphatic rings. The van der Waals surface area contributed by atoms with Crippen molar-refractivity contribution in [3.63, 3.8) is 0 Å². The summed E-state index contributed by atoms with van der Waals surface area (Å²) in [6, 6.07) is 23.7. The van der Waals surface area contributed by atoms with Gasteiger partial charge in [-0.15, -0.1) is 11.3 Å². The molecule has 2 nitrogen and oxygen atoms in total. The number of nitrogens with two attached hydrogens (primary N) is 1. The zero-order chi connectivity index (χ0) is 16.5. The Bertz CT molecular complexity index is 1030. The quantitative estimate of drug-likeness (QED) is 0.513. The van der Waals surface area contributed by atoms with Crippen molar-refractivity contribution < 1.29 is 4.79 Å². The predicted octanol–water partition coefficient (Wildman–Crippen LogP) is 5.38. The van der Waals surface area contributed by atoms with E-state index in [2.05, 4.69) is 24.3 Å². The zero-order valence-electron chi connectivity index (χ0n) is 12.9. The van der Waals surface area contributed by atoms with Crippen LogP contribution in [0.3, 0.4) is 0 Å². The maximum absolute atomic E-state index is 12.9. The monoisotopic (exact) mass is 329 g/mol. The molecule has 1 heterocycles. The van der Waals surface area contributed by atoms with Gasteiger partial charge in [0.2, 0.25) is 0 Å². The largest absolute Gasteiger partial charge is 0.390 e. The fraction of sp³-hybridized carbons (Fsp3) is 0. The number of anilines is 1. The number of fused-ring (bicyclic) bond motifs is 1. The molecule has 0 saturated carbocycles. The Kier molecular flexibility index (Phi) is 3.63. The highest BCUT2D eigenvalue weighted by atomic mass is 32.1. The fourth-order valence-electron chi connectivity index (χ4n) is 2.91. The lowest BCUT2D eigenvalue weighted by Gasteiger charge is -2.07. The molecule has 0 fully saturated rings.